The Balaban J connectivity index is 2.17. The van der Waals surface area contributed by atoms with Crippen molar-refractivity contribution in [2.75, 3.05) is 5.88 Å². The molecule has 1 aliphatic rings. The second-order valence-corrected chi connectivity index (χ2v) is 4.96. The third-order valence-electron chi connectivity index (χ3n) is 3.15. The Bertz CT molecular complexity index is 576. The van der Waals surface area contributed by atoms with Gasteiger partial charge >= 0.3 is 12.0 Å². The Morgan fingerprint density at radius 3 is 2.71 bits per heavy atom. The van der Waals surface area contributed by atoms with Gasteiger partial charge in [-0.05, 0) is 11.1 Å². The minimum atomic E-state index is -0.629. The number of alkyl halides is 1. The zero-order chi connectivity index (χ0) is 15.4. The van der Waals surface area contributed by atoms with Crippen LogP contribution in [-0.4, -0.2) is 29.9 Å². The van der Waals surface area contributed by atoms with Gasteiger partial charge in [0.2, 0.25) is 5.91 Å². The summed E-state index contributed by atoms with van der Waals surface area (Å²) in [6.45, 7) is 1.24. The fourth-order valence-electron chi connectivity index (χ4n) is 2.38. The normalized spacial score (nSPS) is 19.5. The van der Waals surface area contributed by atoms with Crippen LogP contribution in [0.1, 0.15) is 24.1 Å². The van der Waals surface area contributed by atoms with Gasteiger partial charge in [0.15, 0.2) is 0 Å². The van der Waals surface area contributed by atoms with E-state index in [4.69, 9.17) is 16.3 Å². The van der Waals surface area contributed by atoms with E-state index in [-0.39, 0.29) is 5.88 Å². The van der Waals surface area contributed by atoms with Gasteiger partial charge in [-0.2, -0.15) is 0 Å². The third-order valence-corrected chi connectivity index (χ3v) is 3.37. The van der Waals surface area contributed by atoms with E-state index >= 15 is 0 Å². The van der Waals surface area contributed by atoms with Crippen molar-refractivity contribution in [1.82, 2.24) is 10.6 Å². The summed E-state index contributed by atoms with van der Waals surface area (Å²) in [6, 6.07) is 6.33. The molecule has 0 aromatic heterocycles. The minimum Gasteiger partial charge on any atom is -0.459 e. The van der Waals surface area contributed by atoms with Crippen LogP contribution in [0.4, 0.5) is 4.79 Å². The number of benzene rings is 1. The maximum atomic E-state index is 11.7. The first-order chi connectivity index (χ1) is 10.0. The number of carbonyl (C=O) groups excluding carboxylic acids is 3. The molecule has 0 aliphatic heterocycles. The fourth-order valence-corrected chi connectivity index (χ4v) is 2.44. The molecule has 1 aliphatic carbocycles. The Hall–Kier alpha value is -2.08. The van der Waals surface area contributed by atoms with E-state index < -0.39 is 30.1 Å². The molecule has 0 radical (unpaired) electrons. The summed E-state index contributed by atoms with van der Waals surface area (Å²) in [4.78, 5) is 34.0. The number of imide groups is 1. The number of carbonyl (C=O) groups is 3. The maximum absolute atomic E-state index is 11.7. The van der Waals surface area contributed by atoms with Crippen LogP contribution in [0.3, 0.4) is 0 Å². The quantitative estimate of drug-likeness (QED) is 0.650. The van der Waals surface area contributed by atoms with E-state index in [2.05, 4.69) is 10.6 Å². The molecule has 0 saturated carbocycles. The molecule has 1 aromatic rings. The molecule has 2 rings (SSSR count). The Morgan fingerprint density at radius 2 is 2.05 bits per heavy atom. The van der Waals surface area contributed by atoms with Gasteiger partial charge in [0, 0.05) is 13.3 Å². The topological polar surface area (TPSA) is 84.5 Å². The van der Waals surface area contributed by atoms with Gasteiger partial charge in [-0.15, -0.1) is 11.6 Å². The van der Waals surface area contributed by atoms with Crippen LogP contribution in [0.5, 0.6) is 0 Å². The number of nitrogens with one attached hydrogen (secondary N) is 2. The number of hydrogen-bond acceptors (Lipinski definition) is 4. The molecule has 1 aromatic carbocycles. The molecular formula is C14H15ClN2O4. The number of rotatable bonds is 3. The predicted octanol–water partition coefficient (Wildman–Crippen LogP) is 1.28. The van der Waals surface area contributed by atoms with E-state index in [9.17, 15) is 14.4 Å². The molecule has 0 fully saturated rings. The van der Waals surface area contributed by atoms with Crippen LogP contribution in [0.25, 0.3) is 0 Å². The second-order valence-electron chi connectivity index (χ2n) is 4.70. The highest BCUT2D eigenvalue weighted by Crippen LogP contribution is 2.33. The average molecular weight is 311 g/mol. The van der Waals surface area contributed by atoms with Gasteiger partial charge in [-0.1, -0.05) is 24.3 Å². The molecule has 2 N–H and O–H groups in total. The molecular weight excluding hydrogens is 296 g/mol. The predicted molar refractivity (Wildman–Crippen MR) is 75.8 cm³/mol. The lowest BCUT2D eigenvalue weighted by atomic mass is 10.1. The van der Waals surface area contributed by atoms with Crippen molar-refractivity contribution in [3.63, 3.8) is 0 Å². The van der Waals surface area contributed by atoms with Gasteiger partial charge < -0.3 is 10.1 Å². The minimum absolute atomic E-state index is 0.251. The molecule has 0 spiro atoms. The molecule has 0 bridgehead atoms. The number of halogens is 1. The summed E-state index contributed by atoms with van der Waals surface area (Å²) in [5.41, 5.74) is 1.85. The second kappa shape index (κ2) is 6.58. The van der Waals surface area contributed by atoms with Crippen molar-refractivity contribution in [2.45, 2.75) is 25.5 Å². The number of ether oxygens (including phenoxy) is 1. The highest BCUT2D eigenvalue weighted by atomic mass is 35.5. The zero-order valence-corrected chi connectivity index (χ0v) is 12.1. The SMILES string of the molecule is CC(=O)NC(=O)N[C@H]1c2ccccc2C[C@H]1OC(=O)CCl. The molecule has 7 heteroatoms. The van der Waals surface area contributed by atoms with Crippen molar-refractivity contribution in [2.24, 2.45) is 0 Å². The van der Waals surface area contributed by atoms with Gasteiger partial charge in [-0.3, -0.25) is 14.9 Å². The highest BCUT2D eigenvalue weighted by molar-refractivity contribution is 6.26. The van der Waals surface area contributed by atoms with Crippen LogP contribution < -0.4 is 10.6 Å². The molecule has 2 atom stereocenters. The van der Waals surface area contributed by atoms with Crippen LogP contribution in [0, 0.1) is 0 Å². The number of esters is 1. The van der Waals surface area contributed by atoms with Gasteiger partial charge in [-0.25, -0.2) is 4.79 Å². The van der Waals surface area contributed by atoms with Gasteiger partial charge in [0.1, 0.15) is 12.0 Å². The molecule has 21 heavy (non-hydrogen) atoms. The van der Waals surface area contributed by atoms with Crippen molar-refractivity contribution in [3.8, 4) is 0 Å². The van der Waals surface area contributed by atoms with Gasteiger partial charge in [0.05, 0.1) is 6.04 Å². The smallest absolute Gasteiger partial charge is 0.322 e. The molecule has 6 nitrogen and oxygen atoms in total. The van der Waals surface area contributed by atoms with E-state index in [1.165, 1.54) is 6.92 Å². The standard InChI is InChI=1S/C14H15ClN2O4/c1-8(18)16-14(20)17-13-10-5-3-2-4-9(10)6-11(13)21-12(19)7-15/h2-5,11,13H,6-7H2,1H3,(H2,16,17,18,20)/t11-,13+/m1/s1. The fraction of sp³-hybridized carbons (Fsp3) is 0.357. The van der Waals surface area contributed by atoms with Crippen LogP contribution in [-0.2, 0) is 20.7 Å². The molecule has 0 saturated heterocycles. The van der Waals surface area contributed by atoms with Crippen LogP contribution in [0.2, 0.25) is 0 Å². The summed E-state index contributed by atoms with van der Waals surface area (Å²) in [5, 5.41) is 4.79. The largest absolute Gasteiger partial charge is 0.459 e. The summed E-state index contributed by atoms with van der Waals surface area (Å²) >= 11 is 5.45. The van der Waals surface area contributed by atoms with Crippen LogP contribution in [0.15, 0.2) is 24.3 Å². The summed E-state index contributed by atoms with van der Waals surface area (Å²) in [7, 11) is 0. The Labute approximate surface area is 126 Å². The summed E-state index contributed by atoms with van der Waals surface area (Å²) in [5.74, 6) is -1.26. The Kier molecular flexibility index (Phi) is 4.80. The number of fused-ring (bicyclic) bond motifs is 1. The van der Waals surface area contributed by atoms with Crippen molar-refractivity contribution in [3.05, 3.63) is 35.4 Å². The number of amides is 3. The first-order valence-corrected chi connectivity index (χ1v) is 6.96. The van der Waals surface area contributed by atoms with Crippen molar-refractivity contribution < 1.29 is 19.1 Å². The molecule has 0 unspecified atom stereocenters. The average Bonchev–Trinajstić information content (AvgIpc) is 2.76. The van der Waals surface area contributed by atoms with Crippen LogP contribution >= 0.6 is 11.6 Å². The lowest BCUT2D eigenvalue weighted by Gasteiger charge is -2.21. The van der Waals surface area contributed by atoms with E-state index in [0.717, 1.165) is 11.1 Å². The molecule has 3 amide bonds. The summed E-state index contributed by atoms with van der Waals surface area (Å²) < 4.78 is 5.26. The lowest BCUT2D eigenvalue weighted by molar-refractivity contribution is -0.146. The summed E-state index contributed by atoms with van der Waals surface area (Å²) in [6.07, 6.45) is -0.0459. The first kappa shape index (κ1) is 15.3. The van der Waals surface area contributed by atoms with E-state index in [1.807, 2.05) is 24.3 Å². The number of urea groups is 1. The maximum Gasteiger partial charge on any atom is 0.322 e. The zero-order valence-electron chi connectivity index (χ0n) is 11.4. The first-order valence-electron chi connectivity index (χ1n) is 6.42. The number of hydrogen-bond donors (Lipinski definition) is 2. The highest BCUT2D eigenvalue weighted by Gasteiger charge is 2.36. The Morgan fingerprint density at radius 1 is 1.33 bits per heavy atom. The van der Waals surface area contributed by atoms with Crippen molar-refractivity contribution >= 4 is 29.5 Å². The van der Waals surface area contributed by atoms with E-state index in [0.29, 0.717) is 6.42 Å². The van der Waals surface area contributed by atoms with E-state index in [1.54, 1.807) is 0 Å². The molecule has 112 valence electrons. The lowest BCUT2D eigenvalue weighted by Crippen LogP contribution is -2.43. The third kappa shape index (κ3) is 3.72. The molecule has 0 heterocycles. The van der Waals surface area contributed by atoms with Gasteiger partial charge in [0.25, 0.3) is 0 Å². The van der Waals surface area contributed by atoms with Crippen molar-refractivity contribution in [1.29, 1.82) is 0 Å². The monoisotopic (exact) mass is 310 g/mol.